The number of aliphatic imine (C=N–C) groups is 1. The van der Waals surface area contributed by atoms with Crippen LogP contribution >= 0.6 is 39.9 Å². The Morgan fingerprint density at radius 1 is 1.32 bits per heavy atom. The van der Waals surface area contributed by atoms with Crippen LogP contribution in [0.1, 0.15) is 25.3 Å². The molecule has 1 fully saturated rings. The summed E-state index contributed by atoms with van der Waals surface area (Å²) >= 11 is 3.46. The van der Waals surface area contributed by atoms with E-state index in [0.717, 1.165) is 49.5 Å². The lowest BCUT2D eigenvalue weighted by molar-refractivity contribution is 0.0263. The van der Waals surface area contributed by atoms with Crippen LogP contribution in [-0.2, 0) is 11.3 Å². The molecule has 6 heteroatoms. The van der Waals surface area contributed by atoms with Crippen molar-refractivity contribution < 1.29 is 4.74 Å². The van der Waals surface area contributed by atoms with Crippen molar-refractivity contribution in [1.82, 2.24) is 10.2 Å². The summed E-state index contributed by atoms with van der Waals surface area (Å²) in [7, 11) is 1.85. The molecule has 0 amide bonds. The van der Waals surface area contributed by atoms with Crippen LogP contribution < -0.4 is 5.32 Å². The minimum atomic E-state index is 0. The highest BCUT2D eigenvalue weighted by Gasteiger charge is 2.21. The Bertz CT molecular complexity index is 459. The zero-order valence-electron chi connectivity index (χ0n) is 13.2. The summed E-state index contributed by atoms with van der Waals surface area (Å²) in [6.45, 7) is 5.67. The van der Waals surface area contributed by atoms with Crippen molar-refractivity contribution in [2.75, 3.05) is 26.7 Å². The van der Waals surface area contributed by atoms with Gasteiger partial charge in [-0.15, -0.1) is 24.0 Å². The van der Waals surface area contributed by atoms with E-state index in [9.17, 15) is 0 Å². The van der Waals surface area contributed by atoms with E-state index in [0.29, 0.717) is 6.10 Å². The molecule has 1 aliphatic rings. The molecule has 0 aromatic heterocycles. The summed E-state index contributed by atoms with van der Waals surface area (Å²) < 4.78 is 6.80. The zero-order valence-corrected chi connectivity index (χ0v) is 17.1. The van der Waals surface area contributed by atoms with Gasteiger partial charge in [-0.1, -0.05) is 28.1 Å². The van der Waals surface area contributed by atoms with E-state index in [1.165, 1.54) is 5.56 Å². The van der Waals surface area contributed by atoms with Crippen molar-refractivity contribution >= 4 is 45.9 Å². The van der Waals surface area contributed by atoms with Gasteiger partial charge in [0.1, 0.15) is 0 Å². The van der Waals surface area contributed by atoms with E-state index in [4.69, 9.17) is 4.74 Å². The Morgan fingerprint density at radius 2 is 1.95 bits per heavy atom. The lowest BCUT2D eigenvalue weighted by Crippen LogP contribution is -2.46. The Kier molecular flexibility index (Phi) is 9.35. The summed E-state index contributed by atoms with van der Waals surface area (Å²) in [5.41, 5.74) is 1.25. The number of halogens is 2. The molecule has 0 atom stereocenters. The Balaban J connectivity index is 0.00000242. The number of guanidine groups is 1. The Morgan fingerprint density at radius 3 is 2.50 bits per heavy atom. The first-order valence-electron chi connectivity index (χ1n) is 7.54. The molecule has 0 radical (unpaired) electrons. The quantitative estimate of drug-likeness (QED) is 0.405. The second-order valence-corrected chi connectivity index (χ2v) is 6.08. The van der Waals surface area contributed by atoms with E-state index in [2.05, 4.69) is 62.3 Å². The van der Waals surface area contributed by atoms with Gasteiger partial charge in [0, 0.05) is 37.8 Å². The molecule has 22 heavy (non-hydrogen) atoms. The maximum atomic E-state index is 5.69. The van der Waals surface area contributed by atoms with Gasteiger partial charge in [-0.25, -0.2) is 0 Å². The van der Waals surface area contributed by atoms with Crippen LogP contribution in [0.5, 0.6) is 0 Å². The fraction of sp³-hybridized carbons (Fsp3) is 0.562. The summed E-state index contributed by atoms with van der Waals surface area (Å²) in [5.74, 6) is 0.980. The van der Waals surface area contributed by atoms with Crippen molar-refractivity contribution in [3.8, 4) is 0 Å². The minimum absolute atomic E-state index is 0. The number of hydrogen-bond donors (Lipinski definition) is 1. The number of benzene rings is 1. The summed E-state index contributed by atoms with van der Waals surface area (Å²) in [6.07, 6.45) is 2.57. The molecule has 0 unspecified atom stereocenters. The molecule has 1 aromatic carbocycles. The second-order valence-electron chi connectivity index (χ2n) is 5.17. The normalized spacial score (nSPS) is 16.3. The van der Waals surface area contributed by atoms with Crippen LogP contribution in [0, 0.1) is 0 Å². The highest BCUT2D eigenvalue weighted by Crippen LogP contribution is 2.14. The van der Waals surface area contributed by atoms with E-state index >= 15 is 0 Å². The fourth-order valence-corrected chi connectivity index (χ4v) is 2.85. The van der Waals surface area contributed by atoms with Crippen LogP contribution in [0.25, 0.3) is 0 Å². The van der Waals surface area contributed by atoms with E-state index in [1.807, 2.05) is 7.05 Å². The average Bonchev–Trinajstić information content (AvgIpc) is 2.51. The number of piperidine rings is 1. The van der Waals surface area contributed by atoms with Gasteiger partial charge in [-0.05, 0) is 37.5 Å². The number of rotatable bonds is 4. The molecule has 1 saturated heterocycles. The van der Waals surface area contributed by atoms with Crippen LogP contribution in [0.4, 0.5) is 0 Å². The van der Waals surface area contributed by atoms with Gasteiger partial charge >= 0.3 is 0 Å². The largest absolute Gasteiger partial charge is 0.378 e. The first kappa shape index (κ1) is 19.7. The highest BCUT2D eigenvalue weighted by molar-refractivity contribution is 14.0. The molecule has 1 aromatic rings. The van der Waals surface area contributed by atoms with Crippen molar-refractivity contribution in [2.45, 2.75) is 32.4 Å². The van der Waals surface area contributed by atoms with E-state index in [-0.39, 0.29) is 24.0 Å². The molecule has 1 heterocycles. The third-order valence-electron chi connectivity index (χ3n) is 3.72. The van der Waals surface area contributed by atoms with Gasteiger partial charge in [0.15, 0.2) is 5.96 Å². The van der Waals surface area contributed by atoms with E-state index in [1.54, 1.807) is 0 Å². The highest BCUT2D eigenvalue weighted by atomic mass is 127. The van der Waals surface area contributed by atoms with Crippen molar-refractivity contribution in [3.63, 3.8) is 0 Å². The van der Waals surface area contributed by atoms with Gasteiger partial charge in [-0.2, -0.15) is 0 Å². The maximum absolute atomic E-state index is 5.69. The first-order valence-corrected chi connectivity index (χ1v) is 8.34. The summed E-state index contributed by atoms with van der Waals surface area (Å²) in [4.78, 5) is 6.71. The molecule has 2 rings (SSSR count). The van der Waals surface area contributed by atoms with Gasteiger partial charge in [0.25, 0.3) is 0 Å². The molecular weight excluding hydrogens is 457 g/mol. The van der Waals surface area contributed by atoms with Gasteiger partial charge < -0.3 is 15.0 Å². The van der Waals surface area contributed by atoms with Crippen LogP contribution in [0.3, 0.4) is 0 Å². The Labute approximate surface area is 158 Å². The lowest BCUT2D eigenvalue weighted by Gasteiger charge is -2.34. The second kappa shape index (κ2) is 10.4. The molecule has 1 aliphatic heterocycles. The standard InChI is InChI=1S/C16H24BrN3O.HI/c1-3-21-15-8-10-20(11-9-15)16(18-2)19-12-13-4-6-14(17)7-5-13;/h4-7,15H,3,8-12H2,1-2H3,(H,18,19);1H. The van der Waals surface area contributed by atoms with Crippen molar-refractivity contribution in [1.29, 1.82) is 0 Å². The molecule has 0 aliphatic carbocycles. The monoisotopic (exact) mass is 481 g/mol. The predicted molar refractivity (Wildman–Crippen MR) is 106 cm³/mol. The third-order valence-corrected chi connectivity index (χ3v) is 4.25. The molecule has 0 bridgehead atoms. The molecule has 124 valence electrons. The Hall–Kier alpha value is -0.340. The van der Waals surface area contributed by atoms with Gasteiger partial charge in [0.05, 0.1) is 6.10 Å². The van der Waals surface area contributed by atoms with Crippen LogP contribution in [-0.4, -0.2) is 43.7 Å². The van der Waals surface area contributed by atoms with E-state index < -0.39 is 0 Å². The molecule has 1 N–H and O–H groups in total. The maximum Gasteiger partial charge on any atom is 0.193 e. The van der Waals surface area contributed by atoms with Crippen molar-refractivity contribution in [2.24, 2.45) is 4.99 Å². The molecule has 4 nitrogen and oxygen atoms in total. The summed E-state index contributed by atoms with van der Waals surface area (Å²) in [5, 5.41) is 3.44. The van der Waals surface area contributed by atoms with Gasteiger partial charge in [0.2, 0.25) is 0 Å². The predicted octanol–water partition coefficient (Wildman–Crippen LogP) is 3.64. The number of nitrogens with zero attached hydrogens (tertiary/aromatic N) is 2. The van der Waals surface area contributed by atoms with Crippen LogP contribution in [0.2, 0.25) is 0 Å². The first-order chi connectivity index (χ1) is 10.2. The zero-order chi connectivity index (χ0) is 15.1. The minimum Gasteiger partial charge on any atom is -0.378 e. The van der Waals surface area contributed by atoms with Gasteiger partial charge in [-0.3, -0.25) is 4.99 Å². The molecular formula is C16H25BrIN3O. The number of nitrogens with one attached hydrogen (secondary N) is 1. The topological polar surface area (TPSA) is 36.9 Å². The fourth-order valence-electron chi connectivity index (χ4n) is 2.59. The average molecular weight is 482 g/mol. The SMILES string of the molecule is CCOC1CCN(C(=NC)NCc2ccc(Br)cc2)CC1.I. The molecule has 0 saturated carbocycles. The molecule has 0 spiro atoms. The number of ether oxygens (including phenoxy) is 1. The number of likely N-dealkylation sites (tertiary alicyclic amines) is 1. The lowest BCUT2D eigenvalue weighted by atomic mass is 10.1. The summed E-state index contributed by atoms with van der Waals surface area (Å²) in [6, 6.07) is 8.36. The smallest absolute Gasteiger partial charge is 0.193 e. The number of hydrogen-bond acceptors (Lipinski definition) is 2. The third kappa shape index (κ3) is 6.04. The van der Waals surface area contributed by atoms with Crippen molar-refractivity contribution in [3.05, 3.63) is 34.3 Å². The van der Waals surface area contributed by atoms with Crippen LogP contribution in [0.15, 0.2) is 33.7 Å².